The molecule has 1 atom stereocenters. The first kappa shape index (κ1) is 14.1. The smallest absolute Gasteiger partial charge is 0.323 e. The van der Waals surface area contributed by atoms with E-state index in [0.29, 0.717) is 0 Å². The number of hydrogen-bond donors (Lipinski definition) is 0. The van der Waals surface area contributed by atoms with E-state index in [0.717, 1.165) is 19.4 Å². The van der Waals surface area contributed by atoms with Crippen molar-refractivity contribution >= 4 is 5.97 Å². The van der Waals surface area contributed by atoms with Gasteiger partial charge in [-0.15, -0.1) is 6.42 Å². The molecule has 3 nitrogen and oxygen atoms in total. The molecular formula is C14H23NO2. The zero-order valence-electron chi connectivity index (χ0n) is 11.5. The molecule has 0 saturated carbocycles. The van der Waals surface area contributed by atoms with Crippen molar-refractivity contribution in [1.82, 2.24) is 4.90 Å². The Hall–Kier alpha value is -1.01. The molecule has 0 spiro atoms. The van der Waals surface area contributed by atoms with Gasteiger partial charge in [0.15, 0.2) is 0 Å². The largest absolute Gasteiger partial charge is 0.459 e. The molecule has 1 heterocycles. The van der Waals surface area contributed by atoms with Crippen LogP contribution in [0.1, 0.15) is 47.5 Å². The van der Waals surface area contributed by atoms with E-state index in [4.69, 9.17) is 11.2 Å². The highest BCUT2D eigenvalue weighted by atomic mass is 16.6. The Bertz CT molecular complexity index is 333. The van der Waals surface area contributed by atoms with Crippen LogP contribution in [-0.4, -0.2) is 34.6 Å². The summed E-state index contributed by atoms with van der Waals surface area (Å²) in [6.07, 6.45) is 7.36. The molecule has 0 amide bonds. The number of carbonyl (C=O) groups is 1. The van der Waals surface area contributed by atoms with E-state index in [-0.39, 0.29) is 12.0 Å². The van der Waals surface area contributed by atoms with Crippen LogP contribution in [-0.2, 0) is 9.53 Å². The molecule has 1 saturated heterocycles. The summed E-state index contributed by atoms with van der Waals surface area (Å²) in [7, 11) is 0. The molecule has 0 aromatic rings. The molecule has 3 heteroatoms. The third-order valence-electron chi connectivity index (χ3n) is 3.00. The molecule has 0 unspecified atom stereocenters. The summed E-state index contributed by atoms with van der Waals surface area (Å²) in [6.45, 7) is 10.5. The Morgan fingerprint density at radius 2 is 1.94 bits per heavy atom. The third kappa shape index (κ3) is 3.47. The molecule has 0 radical (unpaired) electrons. The highest BCUT2D eigenvalue weighted by Gasteiger charge is 2.40. The number of nitrogens with zero attached hydrogens (tertiary/aromatic N) is 1. The van der Waals surface area contributed by atoms with E-state index in [9.17, 15) is 4.79 Å². The minimum atomic E-state index is -0.439. The van der Waals surface area contributed by atoms with Crippen molar-refractivity contribution in [3.05, 3.63) is 0 Å². The number of ether oxygens (including phenoxy) is 1. The molecule has 1 aliphatic rings. The van der Waals surface area contributed by atoms with Gasteiger partial charge in [-0.1, -0.05) is 5.92 Å². The SMILES string of the molecule is C#CC(C)(C)N1CCC[C@@H]1C(=O)OC(C)(C)C. The lowest BCUT2D eigenvalue weighted by Gasteiger charge is -2.35. The van der Waals surface area contributed by atoms with Gasteiger partial charge in [-0.3, -0.25) is 9.69 Å². The maximum absolute atomic E-state index is 12.1. The summed E-state index contributed by atoms with van der Waals surface area (Å²) in [4.78, 5) is 14.2. The molecule has 0 N–H and O–H groups in total. The van der Waals surface area contributed by atoms with Crippen LogP contribution in [0, 0.1) is 12.3 Å². The Morgan fingerprint density at radius 1 is 1.35 bits per heavy atom. The summed E-state index contributed by atoms with van der Waals surface area (Å²) in [5.74, 6) is 2.59. The second kappa shape index (κ2) is 4.70. The van der Waals surface area contributed by atoms with Crippen molar-refractivity contribution in [1.29, 1.82) is 0 Å². The maximum atomic E-state index is 12.1. The normalized spacial score (nSPS) is 22.2. The van der Waals surface area contributed by atoms with Crippen molar-refractivity contribution in [2.45, 2.75) is 64.6 Å². The van der Waals surface area contributed by atoms with Crippen molar-refractivity contribution in [2.24, 2.45) is 0 Å². The molecule has 0 aromatic carbocycles. The fourth-order valence-corrected chi connectivity index (χ4v) is 2.13. The Morgan fingerprint density at radius 3 is 2.41 bits per heavy atom. The van der Waals surface area contributed by atoms with Gasteiger partial charge in [0, 0.05) is 6.54 Å². The standard InChI is InChI=1S/C14H23NO2/c1-7-14(5,6)15-10-8-9-11(15)12(16)17-13(2,3)4/h1,11H,8-10H2,2-6H3/t11-/m1/s1. The Labute approximate surface area is 105 Å². The highest BCUT2D eigenvalue weighted by molar-refractivity contribution is 5.76. The van der Waals surface area contributed by atoms with Crippen LogP contribution in [0.25, 0.3) is 0 Å². The first-order valence-corrected chi connectivity index (χ1v) is 6.15. The fraction of sp³-hybridized carbons (Fsp3) is 0.786. The fourth-order valence-electron chi connectivity index (χ4n) is 2.13. The minimum Gasteiger partial charge on any atom is -0.459 e. The average molecular weight is 237 g/mol. The predicted molar refractivity (Wildman–Crippen MR) is 68.5 cm³/mol. The molecule has 1 fully saturated rings. The second-order valence-electron chi connectivity index (χ2n) is 6.09. The van der Waals surface area contributed by atoms with Crippen LogP contribution in [0.4, 0.5) is 0 Å². The number of likely N-dealkylation sites (tertiary alicyclic amines) is 1. The average Bonchev–Trinajstić information content (AvgIpc) is 2.63. The Balaban J connectivity index is 2.78. The molecule has 1 rings (SSSR count). The lowest BCUT2D eigenvalue weighted by Crippen LogP contribution is -2.50. The van der Waals surface area contributed by atoms with Gasteiger partial charge in [-0.2, -0.15) is 0 Å². The maximum Gasteiger partial charge on any atom is 0.323 e. The van der Waals surface area contributed by atoms with E-state index in [1.165, 1.54) is 0 Å². The molecular weight excluding hydrogens is 214 g/mol. The van der Waals surface area contributed by atoms with Crippen LogP contribution in [0.2, 0.25) is 0 Å². The summed E-state index contributed by atoms with van der Waals surface area (Å²) in [6, 6.07) is -0.194. The van der Waals surface area contributed by atoms with Crippen LogP contribution in [0.5, 0.6) is 0 Å². The lowest BCUT2D eigenvalue weighted by atomic mass is 10.0. The van der Waals surface area contributed by atoms with Crippen molar-refractivity contribution in [3.8, 4) is 12.3 Å². The number of terminal acetylenes is 1. The zero-order valence-corrected chi connectivity index (χ0v) is 11.5. The van der Waals surface area contributed by atoms with E-state index in [1.54, 1.807) is 0 Å². The highest BCUT2D eigenvalue weighted by Crippen LogP contribution is 2.28. The minimum absolute atomic E-state index is 0.154. The van der Waals surface area contributed by atoms with Gasteiger partial charge in [0.1, 0.15) is 11.6 Å². The molecule has 0 aliphatic carbocycles. The van der Waals surface area contributed by atoms with E-state index < -0.39 is 11.1 Å². The van der Waals surface area contributed by atoms with Crippen molar-refractivity contribution < 1.29 is 9.53 Å². The number of rotatable bonds is 2. The number of hydrogen-bond acceptors (Lipinski definition) is 3. The second-order valence-corrected chi connectivity index (χ2v) is 6.09. The van der Waals surface area contributed by atoms with Gasteiger partial charge in [-0.25, -0.2) is 0 Å². The van der Waals surface area contributed by atoms with Crippen LogP contribution in [0.3, 0.4) is 0 Å². The van der Waals surface area contributed by atoms with Crippen LogP contribution < -0.4 is 0 Å². The zero-order chi connectivity index (χ0) is 13.3. The summed E-state index contributed by atoms with van der Waals surface area (Å²) in [5.41, 5.74) is -0.830. The van der Waals surface area contributed by atoms with Gasteiger partial charge < -0.3 is 4.74 Å². The van der Waals surface area contributed by atoms with E-state index >= 15 is 0 Å². The quantitative estimate of drug-likeness (QED) is 0.545. The van der Waals surface area contributed by atoms with Gasteiger partial charge in [-0.05, 0) is 47.5 Å². The molecule has 0 bridgehead atoms. The number of esters is 1. The Kier molecular flexibility index (Phi) is 3.88. The topological polar surface area (TPSA) is 29.5 Å². The van der Waals surface area contributed by atoms with Crippen LogP contribution >= 0.6 is 0 Å². The van der Waals surface area contributed by atoms with Gasteiger partial charge >= 0.3 is 5.97 Å². The summed E-state index contributed by atoms with van der Waals surface area (Å²) < 4.78 is 5.44. The van der Waals surface area contributed by atoms with Gasteiger partial charge in [0.2, 0.25) is 0 Å². The monoisotopic (exact) mass is 237 g/mol. The first-order valence-electron chi connectivity index (χ1n) is 6.15. The third-order valence-corrected chi connectivity index (χ3v) is 3.00. The van der Waals surface area contributed by atoms with Gasteiger partial charge in [0.05, 0.1) is 5.54 Å². The summed E-state index contributed by atoms with van der Waals surface area (Å²) in [5, 5.41) is 0. The van der Waals surface area contributed by atoms with Gasteiger partial charge in [0.25, 0.3) is 0 Å². The first-order chi connectivity index (χ1) is 7.67. The molecule has 17 heavy (non-hydrogen) atoms. The molecule has 1 aliphatic heterocycles. The summed E-state index contributed by atoms with van der Waals surface area (Å²) >= 11 is 0. The van der Waals surface area contributed by atoms with Crippen molar-refractivity contribution in [3.63, 3.8) is 0 Å². The van der Waals surface area contributed by atoms with E-state index in [2.05, 4.69) is 10.8 Å². The number of carbonyl (C=O) groups excluding carboxylic acids is 1. The van der Waals surface area contributed by atoms with Crippen molar-refractivity contribution in [2.75, 3.05) is 6.54 Å². The molecule has 0 aromatic heterocycles. The van der Waals surface area contributed by atoms with Crippen LogP contribution in [0.15, 0.2) is 0 Å². The molecule has 96 valence electrons. The predicted octanol–water partition coefficient (Wildman–Crippen LogP) is 2.20. The lowest BCUT2D eigenvalue weighted by molar-refractivity contribution is -0.161. The van der Waals surface area contributed by atoms with E-state index in [1.807, 2.05) is 34.6 Å².